The van der Waals surface area contributed by atoms with Crippen LogP contribution in [0, 0.1) is 0 Å². The lowest BCUT2D eigenvalue weighted by molar-refractivity contribution is -0.140. The maximum atomic E-state index is 13.3. The lowest BCUT2D eigenvalue weighted by atomic mass is 10.1. The van der Waals surface area contributed by atoms with E-state index in [0.29, 0.717) is 32.8 Å². The summed E-state index contributed by atoms with van der Waals surface area (Å²) in [6.07, 6.45) is 0.463. The zero-order valence-electron chi connectivity index (χ0n) is 18.8. The van der Waals surface area contributed by atoms with Gasteiger partial charge in [-0.05, 0) is 51.0 Å². The first kappa shape index (κ1) is 26.8. The van der Waals surface area contributed by atoms with Gasteiger partial charge in [-0.2, -0.15) is 0 Å². The summed E-state index contributed by atoms with van der Waals surface area (Å²) in [6.45, 7) is 7.77. The first-order valence-electron chi connectivity index (χ1n) is 10.4. The molecule has 2 aromatic rings. The van der Waals surface area contributed by atoms with E-state index in [1.165, 1.54) is 11.8 Å². The van der Waals surface area contributed by atoms with Crippen LogP contribution in [0.3, 0.4) is 0 Å². The molecule has 0 unspecified atom stereocenters. The molecule has 4 nitrogen and oxygen atoms in total. The average molecular weight is 516 g/mol. The fourth-order valence-corrected chi connectivity index (χ4v) is 4.89. The minimum absolute atomic E-state index is 0.153. The molecular formula is C24H29Cl3N2O2S. The van der Waals surface area contributed by atoms with Crippen molar-refractivity contribution in [2.75, 3.05) is 5.75 Å². The lowest BCUT2D eigenvalue weighted by Crippen LogP contribution is -2.53. The molecule has 0 saturated heterocycles. The molecule has 8 heteroatoms. The highest BCUT2D eigenvalue weighted by molar-refractivity contribution is 7.99. The molecule has 0 aromatic heterocycles. The van der Waals surface area contributed by atoms with E-state index >= 15 is 0 Å². The number of benzene rings is 2. The van der Waals surface area contributed by atoms with E-state index in [9.17, 15) is 9.59 Å². The molecule has 2 aromatic carbocycles. The van der Waals surface area contributed by atoms with Crippen molar-refractivity contribution < 1.29 is 9.59 Å². The lowest BCUT2D eigenvalue weighted by Gasteiger charge is -2.33. The number of hydrogen-bond donors (Lipinski definition) is 1. The Morgan fingerprint density at radius 3 is 2.16 bits per heavy atom. The molecule has 0 aliphatic rings. The Labute approximate surface area is 210 Å². The number of carbonyl (C=O) groups is 2. The predicted octanol–water partition coefficient (Wildman–Crippen LogP) is 6.60. The van der Waals surface area contributed by atoms with Crippen LogP contribution in [0.5, 0.6) is 0 Å². The van der Waals surface area contributed by atoms with E-state index in [4.69, 9.17) is 34.8 Å². The summed E-state index contributed by atoms with van der Waals surface area (Å²) in [4.78, 5) is 27.9. The highest BCUT2D eigenvalue weighted by atomic mass is 35.5. The summed E-state index contributed by atoms with van der Waals surface area (Å²) in [6, 6.07) is 12.1. The zero-order valence-corrected chi connectivity index (χ0v) is 21.8. The molecule has 2 rings (SSSR count). The minimum Gasteiger partial charge on any atom is -0.350 e. The van der Waals surface area contributed by atoms with E-state index in [-0.39, 0.29) is 24.1 Å². The van der Waals surface area contributed by atoms with Crippen LogP contribution < -0.4 is 5.32 Å². The summed E-state index contributed by atoms with van der Waals surface area (Å²) in [5.41, 5.74) is 1.17. The topological polar surface area (TPSA) is 49.4 Å². The van der Waals surface area contributed by atoms with Gasteiger partial charge in [-0.3, -0.25) is 9.59 Å². The van der Waals surface area contributed by atoms with Gasteiger partial charge >= 0.3 is 0 Å². The highest BCUT2D eigenvalue weighted by Gasteiger charge is 2.31. The highest BCUT2D eigenvalue weighted by Crippen LogP contribution is 2.28. The van der Waals surface area contributed by atoms with E-state index in [2.05, 4.69) is 5.32 Å². The smallest absolute Gasteiger partial charge is 0.243 e. The van der Waals surface area contributed by atoms with E-state index in [1.54, 1.807) is 23.1 Å². The third-order valence-electron chi connectivity index (χ3n) is 4.72. The molecule has 0 aliphatic heterocycles. The van der Waals surface area contributed by atoms with Crippen LogP contribution in [0.4, 0.5) is 0 Å². The second kappa shape index (κ2) is 12.2. The van der Waals surface area contributed by atoms with Crippen molar-refractivity contribution in [1.29, 1.82) is 0 Å². The van der Waals surface area contributed by atoms with Gasteiger partial charge in [0.1, 0.15) is 6.04 Å². The van der Waals surface area contributed by atoms with Gasteiger partial charge < -0.3 is 10.2 Å². The first-order valence-corrected chi connectivity index (χ1v) is 12.7. The van der Waals surface area contributed by atoms with Crippen LogP contribution in [0.25, 0.3) is 0 Å². The second-order valence-electron chi connectivity index (χ2n) is 8.47. The third-order valence-corrected chi connectivity index (χ3v) is 6.76. The summed E-state index contributed by atoms with van der Waals surface area (Å²) in [5, 5.41) is 4.58. The fourth-order valence-electron chi connectivity index (χ4n) is 3.17. The van der Waals surface area contributed by atoms with Gasteiger partial charge in [-0.15, -0.1) is 11.8 Å². The molecule has 174 valence electrons. The Morgan fingerprint density at radius 1 is 1.00 bits per heavy atom. The second-order valence-corrected chi connectivity index (χ2v) is 10.7. The Balaban J connectivity index is 2.24. The van der Waals surface area contributed by atoms with Gasteiger partial charge in [0.2, 0.25) is 11.8 Å². The Morgan fingerprint density at radius 2 is 1.59 bits per heavy atom. The molecule has 32 heavy (non-hydrogen) atoms. The van der Waals surface area contributed by atoms with Crippen LogP contribution >= 0.6 is 46.6 Å². The number of nitrogens with one attached hydrogen (secondary N) is 1. The fraction of sp³-hybridized carbons (Fsp3) is 0.417. The molecule has 0 spiro atoms. The summed E-state index contributed by atoms with van der Waals surface area (Å²) >= 11 is 20.4. The molecule has 0 radical (unpaired) electrons. The van der Waals surface area contributed by atoms with Crippen molar-refractivity contribution in [3.8, 4) is 0 Å². The van der Waals surface area contributed by atoms with Crippen LogP contribution in [0.1, 0.15) is 45.2 Å². The summed E-state index contributed by atoms with van der Waals surface area (Å²) in [7, 11) is 0. The SMILES string of the molecule is CC[C@@H](C(=O)NC(C)(C)C)N(Cc1c(Cl)cccc1Cl)C(=O)CSCc1ccccc1Cl. The van der Waals surface area contributed by atoms with Crippen molar-refractivity contribution in [1.82, 2.24) is 10.2 Å². The number of hydrogen-bond acceptors (Lipinski definition) is 3. The number of carbonyl (C=O) groups excluding carboxylic acids is 2. The number of rotatable bonds is 9. The molecule has 1 N–H and O–H groups in total. The van der Waals surface area contributed by atoms with Crippen molar-refractivity contribution in [3.63, 3.8) is 0 Å². The van der Waals surface area contributed by atoms with Crippen LogP contribution in [0.2, 0.25) is 15.1 Å². The van der Waals surface area contributed by atoms with Gasteiger partial charge in [0.15, 0.2) is 0 Å². The van der Waals surface area contributed by atoms with Gasteiger partial charge in [0.05, 0.1) is 5.75 Å². The van der Waals surface area contributed by atoms with E-state index in [0.717, 1.165) is 5.56 Å². The average Bonchev–Trinajstić information content (AvgIpc) is 2.70. The van der Waals surface area contributed by atoms with Crippen molar-refractivity contribution in [3.05, 3.63) is 68.7 Å². The number of thioether (sulfide) groups is 1. The maximum absolute atomic E-state index is 13.3. The minimum atomic E-state index is -0.644. The van der Waals surface area contributed by atoms with Crippen LogP contribution in [-0.4, -0.2) is 34.0 Å². The maximum Gasteiger partial charge on any atom is 0.243 e. The van der Waals surface area contributed by atoms with Gasteiger partial charge in [0.25, 0.3) is 0 Å². The molecule has 0 fully saturated rings. The van der Waals surface area contributed by atoms with Crippen LogP contribution in [0.15, 0.2) is 42.5 Å². The molecular weight excluding hydrogens is 487 g/mol. The van der Waals surface area contributed by atoms with Crippen molar-refractivity contribution >= 4 is 58.4 Å². The van der Waals surface area contributed by atoms with E-state index < -0.39 is 11.6 Å². The van der Waals surface area contributed by atoms with Gasteiger partial charge in [0, 0.05) is 38.5 Å². The first-order chi connectivity index (χ1) is 15.0. The Hall–Kier alpha value is -1.40. The Kier molecular flexibility index (Phi) is 10.2. The quantitative estimate of drug-likeness (QED) is 0.409. The van der Waals surface area contributed by atoms with Crippen molar-refractivity contribution in [2.45, 2.75) is 58.0 Å². The largest absolute Gasteiger partial charge is 0.350 e. The molecule has 0 saturated carbocycles. The molecule has 0 heterocycles. The molecule has 0 aliphatic carbocycles. The van der Waals surface area contributed by atoms with Crippen LogP contribution in [-0.2, 0) is 21.9 Å². The summed E-state index contributed by atoms with van der Waals surface area (Å²) in [5.74, 6) is 0.436. The third kappa shape index (κ3) is 7.87. The normalized spacial score (nSPS) is 12.3. The van der Waals surface area contributed by atoms with Gasteiger partial charge in [-0.25, -0.2) is 0 Å². The standard InChI is InChI=1S/C24H29Cl3N2O2S/c1-5-21(23(31)28-24(2,3)4)29(13-17-19(26)11-8-12-20(17)27)22(30)15-32-14-16-9-6-7-10-18(16)25/h6-12,21H,5,13-15H2,1-4H3,(H,28,31)/t21-/m0/s1. The monoisotopic (exact) mass is 514 g/mol. The number of halogens is 3. The molecule has 1 atom stereocenters. The zero-order chi connectivity index (χ0) is 23.9. The van der Waals surface area contributed by atoms with E-state index in [1.807, 2.05) is 52.0 Å². The predicted molar refractivity (Wildman–Crippen MR) is 137 cm³/mol. The van der Waals surface area contributed by atoms with Crippen molar-refractivity contribution in [2.24, 2.45) is 0 Å². The van der Waals surface area contributed by atoms with Gasteiger partial charge in [-0.1, -0.05) is 66.0 Å². The Bertz CT molecular complexity index is 927. The molecule has 2 amide bonds. The molecule has 0 bridgehead atoms. The summed E-state index contributed by atoms with van der Waals surface area (Å²) < 4.78 is 0. The number of nitrogens with zero attached hydrogens (tertiary/aromatic N) is 1. The number of amides is 2.